The highest BCUT2D eigenvalue weighted by Gasteiger charge is 2.55. The SMILES string of the molecule is C[C@H]1CN(C(=O)c2ccnc(-c3ccc(C#N)cc3)c2F)Cc2cnc([C@@](C)(O)C(F)(F)F)n21. The predicted molar refractivity (Wildman–Crippen MR) is 112 cm³/mol. The maximum atomic E-state index is 15.3. The lowest BCUT2D eigenvalue weighted by molar-refractivity contribution is -0.263. The number of nitrogens with zero attached hydrogens (tertiary/aromatic N) is 5. The van der Waals surface area contributed by atoms with Gasteiger partial charge in [0.1, 0.15) is 5.69 Å². The van der Waals surface area contributed by atoms with E-state index in [1.54, 1.807) is 6.92 Å². The van der Waals surface area contributed by atoms with Crippen LogP contribution in [0.5, 0.6) is 0 Å². The van der Waals surface area contributed by atoms with Crippen LogP contribution in [0.15, 0.2) is 42.7 Å². The van der Waals surface area contributed by atoms with E-state index in [2.05, 4.69) is 9.97 Å². The Hall–Kier alpha value is -3.78. The quantitative estimate of drug-likeness (QED) is 0.582. The number of aliphatic hydroxyl groups is 1. The molecule has 0 fully saturated rings. The highest BCUT2D eigenvalue weighted by molar-refractivity contribution is 5.95. The summed E-state index contributed by atoms with van der Waals surface area (Å²) in [4.78, 5) is 22.3. The Morgan fingerprint density at radius 3 is 2.50 bits per heavy atom. The van der Waals surface area contributed by atoms with Gasteiger partial charge in [-0.2, -0.15) is 18.4 Å². The Kier molecular flexibility index (Phi) is 5.65. The highest BCUT2D eigenvalue weighted by atomic mass is 19.4. The molecule has 0 spiro atoms. The van der Waals surface area contributed by atoms with Crippen LogP contribution in [0, 0.1) is 17.1 Å². The van der Waals surface area contributed by atoms with Crippen LogP contribution in [-0.4, -0.2) is 43.2 Å². The van der Waals surface area contributed by atoms with E-state index < -0.39 is 35.4 Å². The summed E-state index contributed by atoms with van der Waals surface area (Å²) in [5.74, 6) is -2.06. The Morgan fingerprint density at radius 1 is 1.21 bits per heavy atom. The zero-order chi connectivity index (χ0) is 24.8. The number of amides is 1. The lowest BCUT2D eigenvalue weighted by Crippen LogP contribution is -2.45. The average molecular weight is 473 g/mol. The maximum absolute atomic E-state index is 15.3. The number of hydrogen-bond donors (Lipinski definition) is 1. The minimum Gasteiger partial charge on any atom is -0.374 e. The summed E-state index contributed by atoms with van der Waals surface area (Å²) in [5, 5.41) is 19.0. The van der Waals surface area contributed by atoms with Crippen LogP contribution in [0.1, 0.15) is 47.3 Å². The molecule has 7 nitrogen and oxygen atoms in total. The first-order chi connectivity index (χ1) is 16.0. The number of aromatic nitrogens is 3. The molecule has 1 aliphatic heterocycles. The van der Waals surface area contributed by atoms with Crippen molar-refractivity contribution in [1.82, 2.24) is 19.4 Å². The van der Waals surface area contributed by atoms with Crippen molar-refractivity contribution < 1.29 is 27.5 Å². The van der Waals surface area contributed by atoms with Gasteiger partial charge in [0.15, 0.2) is 11.6 Å². The van der Waals surface area contributed by atoms with Crippen LogP contribution in [0.4, 0.5) is 17.6 Å². The van der Waals surface area contributed by atoms with Gasteiger partial charge in [0, 0.05) is 18.3 Å². The molecular formula is C23H19F4N5O2. The summed E-state index contributed by atoms with van der Waals surface area (Å²) in [5.41, 5.74) is -2.41. The number of hydrogen-bond acceptors (Lipinski definition) is 5. The first kappa shape index (κ1) is 23.4. The van der Waals surface area contributed by atoms with E-state index in [1.807, 2.05) is 6.07 Å². The molecule has 1 aliphatic rings. The van der Waals surface area contributed by atoms with E-state index in [0.717, 1.165) is 0 Å². The van der Waals surface area contributed by atoms with E-state index in [1.165, 1.54) is 52.2 Å². The third-order valence-electron chi connectivity index (χ3n) is 5.83. The molecule has 34 heavy (non-hydrogen) atoms. The normalized spacial score (nSPS) is 17.6. The first-order valence-corrected chi connectivity index (χ1v) is 10.3. The lowest BCUT2D eigenvalue weighted by atomic mass is 10.0. The number of carbonyl (C=O) groups excluding carboxylic acids is 1. The minimum atomic E-state index is -4.94. The van der Waals surface area contributed by atoms with Crippen molar-refractivity contribution in [1.29, 1.82) is 5.26 Å². The number of alkyl halides is 3. The molecular weight excluding hydrogens is 454 g/mol. The second kappa shape index (κ2) is 8.22. The van der Waals surface area contributed by atoms with E-state index in [9.17, 15) is 23.1 Å². The third kappa shape index (κ3) is 3.80. The molecule has 1 aromatic carbocycles. The Labute approximate surface area is 191 Å². The summed E-state index contributed by atoms with van der Waals surface area (Å²) in [6.07, 6.45) is -2.47. The van der Waals surface area contributed by atoms with Gasteiger partial charge in [-0.25, -0.2) is 9.37 Å². The monoisotopic (exact) mass is 473 g/mol. The summed E-state index contributed by atoms with van der Waals surface area (Å²) in [6, 6.07) is 8.61. The van der Waals surface area contributed by atoms with Crippen molar-refractivity contribution in [2.75, 3.05) is 6.54 Å². The molecule has 0 saturated carbocycles. The summed E-state index contributed by atoms with van der Waals surface area (Å²) >= 11 is 0. The second-order valence-corrected chi connectivity index (χ2v) is 8.26. The van der Waals surface area contributed by atoms with Crippen molar-refractivity contribution >= 4 is 5.91 Å². The van der Waals surface area contributed by atoms with E-state index >= 15 is 4.39 Å². The zero-order valence-corrected chi connectivity index (χ0v) is 18.1. The summed E-state index contributed by atoms with van der Waals surface area (Å²) < 4.78 is 56.6. The number of rotatable bonds is 3. The number of carbonyl (C=O) groups is 1. The molecule has 0 saturated heterocycles. The van der Waals surface area contributed by atoms with E-state index in [0.29, 0.717) is 18.1 Å². The molecule has 2 aromatic heterocycles. The fraction of sp³-hybridized carbons (Fsp3) is 0.304. The van der Waals surface area contributed by atoms with Gasteiger partial charge in [-0.1, -0.05) is 12.1 Å². The number of fused-ring (bicyclic) bond motifs is 1. The maximum Gasteiger partial charge on any atom is 0.424 e. The minimum absolute atomic E-state index is 0.0168. The van der Waals surface area contributed by atoms with Crippen LogP contribution in [-0.2, 0) is 12.1 Å². The van der Waals surface area contributed by atoms with Crippen molar-refractivity contribution in [3.63, 3.8) is 0 Å². The van der Waals surface area contributed by atoms with Gasteiger partial charge in [-0.15, -0.1) is 0 Å². The van der Waals surface area contributed by atoms with Crippen LogP contribution in [0.25, 0.3) is 11.3 Å². The highest BCUT2D eigenvalue weighted by Crippen LogP contribution is 2.40. The van der Waals surface area contributed by atoms with Crippen molar-refractivity contribution in [2.24, 2.45) is 0 Å². The Balaban J connectivity index is 1.65. The first-order valence-electron chi connectivity index (χ1n) is 10.3. The average Bonchev–Trinajstić information content (AvgIpc) is 3.24. The molecule has 176 valence electrons. The van der Waals surface area contributed by atoms with Crippen LogP contribution >= 0.6 is 0 Å². The van der Waals surface area contributed by atoms with Crippen LogP contribution in [0.2, 0.25) is 0 Å². The third-order valence-corrected chi connectivity index (χ3v) is 5.83. The molecule has 4 rings (SSSR count). The fourth-order valence-corrected chi connectivity index (χ4v) is 3.99. The number of imidazole rings is 1. The smallest absolute Gasteiger partial charge is 0.374 e. The van der Waals surface area contributed by atoms with Gasteiger partial charge in [-0.3, -0.25) is 9.78 Å². The van der Waals surface area contributed by atoms with Crippen LogP contribution < -0.4 is 0 Å². The van der Waals surface area contributed by atoms with Gasteiger partial charge in [0.25, 0.3) is 5.91 Å². The standard InChI is InChI=1S/C23H19F4N5O2/c1-13-11-31(12-16-10-30-21(32(13)16)22(2,34)23(25,26)27)20(33)17-7-8-29-19(18(17)24)15-5-3-14(9-28)4-6-15/h3-8,10,13,34H,11-12H2,1-2H3/t13-,22+/m0/s1. The molecule has 3 heterocycles. The van der Waals surface area contributed by atoms with Crippen molar-refractivity contribution in [3.05, 3.63) is 71.2 Å². The van der Waals surface area contributed by atoms with E-state index in [4.69, 9.17) is 5.26 Å². The number of pyridine rings is 1. The van der Waals surface area contributed by atoms with Gasteiger partial charge in [-0.05, 0) is 32.0 Å². The predicted octanol–water partition coefficient (Wildman–Crippen LogP) is 3.94. The number of halogens is 4. The topological polar surface area (TPSA) is 95.0 Å². The van der Waals surface area contributed by atoms with Crippen molar-refractivity contribution in [2.45, 2.75) is 38.2 Å². The molecule has 1 amide bonds. The number of benzene rings is 1. The molecule has 0 aliphatic carbocycles. The zero-order valence-electron chi connectivity index (χ0n) is 18.1. The van der Waals surface area contributed by atoms with Gasteiger partial charge < -0.3 is 14.6 Å². The van der Waals surface area contributed by atoms with Crippen molar-refractivity contribution in [3.8, 4) is 17.3 Å². The van der Waals surface area contributed by atoms with Crippen LogP contribution in [0.3, 0.4) is 0 Å². The van der Waals surface area contributed by atoms with Gasteiger partial charge in [0.2, 0.25) is 5.60 Å². The number of nitriles is 1. The molecule has 3 aromatic rings. The summed E-state index contributed by atoms with van der Waals surface area (Å²) in [7, 11) is 0. The molecule has 11 heteroatoms. The molecule has 0 radical (unpaired) electrons. The molecule has 1 N–H and O–H groups in total. The summed E-state index contributed by atoms with van der Waals surface area (Å²) in [6.45, 7) is 2.09. The fourth-order valence-electron chi connectivity index (χ4n) is 3.99. The lowest BCUT2D eigenvalue weighted by Gasteiger charge is -2.36. The molecule has 0 bridgehead atoms. The molecule has 2 atom stereocenters. The van der Waals surface area contributed by atoms with Gasteiger partial charge >= 0.3 is 6.18 Å². The Morgan fingerprint density at radius 2 is 1.88 bits per heavy atom. The van der Waals surface area contributed by atoms with E-state index in [-0.39, 0.29) is 30.0 Å². The largest absolute Gasteiger partial charge is 0.424 e. The second-order valence-electron chi connectivity index (χ2n) is 8.26. The molecule has 0 unspecified atom stereocenters. The Bertz CT molecular complexity index is 1290. The van der Waals surface area contributed by atoms with Gasteiger partial charge in [0.05, 0.1) is 41.7 Å².